The highest BCUT2D eigenvalue weighted by molar-refractivity contribution is 5.80. The van der Waals surface area contributed by atoms with Crippen molar-refractivity contribution in [3.8, 4) is 0 Å². The van der Waals surface area contributed by atoms with Gasteiger partial charge in [0.05, 0.1) is 6.61 Å². The second-order valence-electron chi connectivity index (χ2n) is 4.60. The number of aryl methyl sites for hydroxylation is 1. The van der Waals surface area contributed by atoms with Gasteiger partial charge in [-0.2, -0.15) is 0 Å². The van der Waals surface area contributed by atoms with Crippen molar-refractivity contribution in [2.24, 2.45) is 0 Å². The predicted octanol–water partition coefficient (Wildman–Crippen LogP) is 1.01. The Balaban J connectivity index is 2.05. The molecule has 0 atom stereocenters. The Morgan fingerprint density at radius 1 is 1.37 bits per heavy atom. The highest BCUT2D eigenvalue weighted by Crippen LogP contribution is 2.19. The minimum atomic E-state index is 0.334. The number of ether oxygens (including phenoxy) is 1. The fourth-order valence-corrected chi connectivity index (χ4v) is 2.07. The molecule has 1 N–H and O–H groups in total. The van der Waals surface area contributed by atoms with Crippen LogP contribution in [-0.4, -0.2) is 49.1 Å². The minimum Gasteiger partial charge on any atom is -0.383 e. The van der Waals surface area contributed by atoms with E-state index in [1.807, 2.05) is 13.0 Å². The number of anilines is 2. The molecule has 0 unspecified atom stereocenters. The fourth-order valence-electron chi connectivity index (χ4n) is 2.07. The molecule has 1 aromatic heterocycles. The first kappa shape index (κ1) is 13.7. The molecule has 2 rings (SSSR count). The van der Waals surface area contributed by atoms with Gasteiger partial charge in [-0.3, -0.25) is 4.79 Å². The Bertz CT molecular complexity index is 440. The molecule has 1 saturated heterocycles. The number of Topliss-reactive ketones (excluding diaryl/α,β-unsaturated/α-hetero) is 1. The third kappa shape index (κ3) is 3.89. The normalized spacial score (nSPS) is 15.7. The van der Waals surface area contributed by atoms with Crippen molar-refractivity contribution < 1.29 is 9.53 Å². The van der Waals surface area contributed by atoms with Gasteiger partial charge in [0.15, 0.2) is 0 Å². The van der Waals surface area contributed by atoms with Crippen molar-refractivity contribution in [1.82, 2.24) is 9.97 Å². The number of methoxy groups -OCH3 is 1. The summed E-state index contributed by atoms with van der Waals surface area (Å²) >= 11 is 0. The van der Waals surface area contributed by atoms with E-state index in [9.17, 15) is 4.79 Å². The molecule has 2 heterocycles. The zero-order valence-corrected chi connectivity index (χ0v) is 11.5. The lowest BCUT2D eigenvalue weighted by Crippen LogP contribution is -2.34. The minimum absolute atomic E-state index is 0.334. The Hall–Kier alpha value is -1.69. The summed E-state index contributed by atoms with van der Waals surface area (Å²) < 4.78 is 5.00. The Morgan fingerprint density at radius 3 is 2.79 bits per heavy atom. The molecular formula is C13H20N4O2. The van der Waals surface area contributed by atoms with Crippen LogP contribution >= 0.6 is 0 Å². The van der Waals surface area contributed by atoms with Crippen LogP contribution in [0, 0.1) is 6.92 Å². The van der Waals surface area contributed by atoms with Gasteiger partial charge in [0, 0.05) is 45.7 Å². The lowest BCUT2D eigenvalue weighted by molar-refractivity contribution is -0.119. The second-order valence-corrected chi connectivity index (χ2v) is 4.60. The van der Waals surface area contributed by atoms with Crippen LogP contribution in [0.15, 0.2) is 6.07 Å². The Kier molecular flexibility index (Phi) is 4.68. The van der Waals surface area contributed by atoms with E-state index >= 15 is 0 Å². The van der Waals surface area contributed by atoms with Gasteiger partial charge in [0.25, 0.3) is 0 Å². The topological polar surface area (TPSA) is 67.3 Å². The number of ketones is 1. The van der Waals surface area contributed by atoms with E-state index in [0.29, 0.717) is 31.8 Å². The van der Waals surface area contributed by atoms with Crippen LogP contribution in [0.1, 0.15) is 18.7 Å². The van der Waals surface area contributed by atoms with E-state index < -0.39 is 0 Å². The van der Waals surface area contributed by atoms with E-state index in [-0.39, 0.29) is 0 Å². The van der Waals surface area contributed by atoms with Gasteiger partial charge in [-0.1, -0.05) is 0 Å². The first-order valence-corrected chi connectivity index (χ1v) is 6.54. The smallest absolute Gasteiger partial charge is 0.136 e. The molecule has 0 amide bonds. The number of hydrogen-bond acceptors (Lipinski definition) is 6. The Labute approximate surface area is 113 Å². The van der Waals surface area contributed by atoms with Gasteiger partial charge in [-0.15, -0.1) is 0 Å². The van der Waals surface area contributed by atoms with Crippen molar-refractivity contribution in [3.05, 3.63) is 11.9 Å². The highest BCUT2D eigenvalue weighted by atomic mass is 16.5. The van der Waals surface area contributed by atoms with Crippen LogP contribution in [-0.2, 0) is 9.53 Å². The summed E-state index contributed by atoms with van der Waals surface area (Å²) in [6.07, 6.45) is 1.21. The summed E-state index contributed by atoms with van der Waals surface area (Å²) in [7, 11) is 1.67. The van der Waals surface area contributed by atoms with E-state index in [1.54, 1.807) is 7.11 Å². The molecule has 0 spiro atoms. The van der Waals surface area contributed by atoms with Crippen molar-refractivity contribution in [2.45, 2.75) is 19.8 Å². The molecule has 104 valence electrons. The van der Waals surface area contributed by atoms with Gasteiger partial charge in [0.2, 0.25) is 0 Å². The van der Waals surface area contributed by atoms with Gasteiger partial charge < -0.3 is 15.0 Å². The number of rotatable bonds is 5. The summed E-state index contributed by atoms with van der Waals surface area (Å²) in [6.45, 7) is 4.71. The third-order valence-electron chi connectivity index (χ3n) is 3.08. The molecule has 0 radical (unpaired) electrons. The number of nitrogens with zero attached hydrogens (tertiary/aromatic N) is 3. The van der Waals surface area contributed by atoms with Gasteiger partial charge in [-0.05, 0) is 6.92 Å². The molecule has 0 aliphatic carbocycles. The van der Waals surface area contributed by atoms with Crippen LogP contribution in [0.4, 0.5) is 11.6 Å². The van der Waals surface area contributed by atoms with Gasteiger partial charge >= 0.3 is 0 Å². The molecule has 1 aromatic rings. The lowest BCUT2D eigenvalue weighted by atomic mass is 10.1. The maximum atomic E-state index is 11.3. The van der Waals surface area contributed by atoms with Crippen molar-refractivity contribution in [3.63, 3.8) is 0 Å². The monoisotopic (exact) mass is 264 g/mol. The maximum absolute atomic E-state index is 11.3. The van der Waals surface area contributed by atoms with Crippen LogP contribution in [0.5, 0.6) is 0 Å². The third-order valence-corrected chi connectivity index (χ3v) is 3.08. The summed E-state index contributed by atoms with van der Waals surface area (Å²) in [5.74, 6) is 2.76. The molecule has 19 heavy (non-hydrogen) atoms. The average molecular weight is 264 g/mol. The van der Waals surface area contributed by atoms with E-state index in [0.717, 1.165) is 30.5 Å². The Morgan fingerprint density at radius 2 is 2.11 bits per heavy atom. The quantitative estimate of drug-likeness (QED) is 0.801. The number of piperidine rings is 1. The zero-order valence-electron chi connectivity index (χ0n) is 11.5. The molecule has 0 saturated carbocycles. The molecule has 6 nitrogen and oxygen atoms in total. The number of hydrogen-bond donors (Lipinski definition) is 1. The average Bonchev–Trinajstić information content (AvgIpc) is 2.39. The number of aromatic nitrogens is 2. The molecular weight excluding hydrogens is 244 g/mol. The summed E-state index contributed by atoms with van der Waals surface area (Å²) in [6, 6.07) is 1.93. The number of carbonyl (C=O) groups is 1. The molecule has 1 aliphatic heterocycles. The first-order valence-electron chi connectivity index (χ1n) is 6.54. The predicted molar refractivity (Wildman–Crippen MR) is 73.6 cm³/mol. The van der Waals surface area contributed by atoms with Crippen molar-refractivity contribution in [1.29, 1.82) is 0 Å². The molecule has 6 heteroatoms. The summed E-state index contributed by atoms with van der Waals surface area (Å²) in [5.41, 5.74) is 0. The largest absolute Gasteiger partial charge is 0.383 e. The SMILES string of the molecule is COCCNc1cc(N2CCC(=O)CC2)nc(C)n1. The molecule has 0 aromatic carbocycles. The molecule has 1 fully saturated rings. The first-order chi connectivity index (χ1) is 9.19. The zero-order chi connectivity index (χ0) is 13.7. The van der Waals surface area contributed by atoms with Crippen molar-refractivity contribution in [2.75, 3.05) is 43.6 Å². The number of carbonyl (C=O) groups excluding carboxylic acids is 1. The lowest BCUT2D eigenvalue weighted by Gasteiger charge is -2.27. The van der Waals surface area contributed by atoms with Gasteiger partial charge in [0.1, 0.15) is 23.2 Å². The standard InChI is InChI=1S/C13H20N4O2/c1-10-15-12(14-5-8-19-2)9-13(16-10)17-6-3-11(18)4-7-17/h9H,3-8H2,1-2H3,(H,14,15,16). The van der Waals surface area contributed by atoms with Crippen molar-refractivity contribution >= 4 is 17.4 Å². The van der Waals surface area contributed by atoms with E-state index in [1.165, 1.54) is 0 Å². The maximum Gasteiger partial charge on any atom is 0.136 e. The van der Waals surface area contributed by atoms with E-state index in [2.05, 4.69) is 20.2 Å². The van der Waals surface area contributed by atoms with Crippen LogP contribution < -0.4 is 10.2 Å². The van der Waals surface area contributed by atoms with Gasteiger partial charge in [-0.25, -0.2) is 9.97 Å². The van der Waals surface area contributed by atoms with Crippen LogP contribution in [0.2, 0.25) is 0 Å². The van der Waals surface area contributed by atoms with Crippen LogP contribution in [0.25, 0.3) is 0 Å². The van der Waals surface area contributed by atoms with Crippen LogP contribution in [0.3, 0.4) is 0 Å². The second kappa shape index (κ2) is 6.47. The summed E-state index contributed by atoms with van der Waals surface area (Å²) in [4.78, 5) is 22.2. The molecule has 0 bridgehead atoms. The summed E-state index contributed by atoms with van der Waals surface area (Å²) in [5, 5.41) is 3.20. The fraction of sp³-hybridized carbons (Fsp3) is 0.615. The molecule has 1 aliphatic rings. The highest BCUT2D eigenvalue weighted by Gasteiger charge is 2.18. The van der Waals surface area contributed by atoms with E-state index in [4.69, 9.17) is 4.74 Å². The number of nitrogens with one attached hydrogen (secondary N) is 1.